The Hall–Kier alpha value is -1.26. The second-order valence-electron chi connectivity index (χ2n) is 5.89. The zero-order valence-corrected chi connectivity index (χ0v) is 12.9. The molecule has 20 heavy (non-hydrogen) atoms. The lowest BCUT2D eigenvalue weighted by atomic mass is 9.97. The van der Waals surface area contributed by atoms with Crippen LogP contribution in [0.5, 0.6) is 0 Å². The lowest BCUT2D eigenvalue weighted by molar-refractivity contribution is 0.0117. The lowest BCUT2D eigenvalue weighted by Crippen LogP contribution is -2.49. The fraction of sp³-hybridized carbons (Fsp3) is 0.533. The van der Waals surface area contributed by atoms with Crippen LogP contribution in [0.4, 0.5) is 10.5 Å². The first-order valence-electron chi connectivity index (χ1n) is 6.85. The van der Waals surface area contributed by atoms with Crippen LogP contribution in [-0.4, -0.2) is 34.2 Å². The minimum Gasteiger partial charge on any atom is -0.388 e. The van der Waals surface area contributed by atoms with Crippen molar-refractivity contribution in [1.82, 2.24) is 4.90 Å². The van der Waals surface area contributed by atoms with E-state index in [-0.39, 0.29) is 12.1 Å². The number of likely N-dealkylation sites (tertiary alicyclic amines) is 1. The molecule has 1 saturated heterocycles. The number of aryl methyl sites for hydroxylation is 1. The Labute approximate surface area is 124 Å². The molecule has 0 aliphatic carbocycles. The molecule has 2 N–H and O–H groups in total. The van der Waals surface area contributed by atoms with Gasteiger partial charge in [0.15, 0.2) is 0 Å². The summed E-state index contributed by atoms with van der Waals surface area (Å²) in [6.45, 7) is 6.07. The molecule has 2 rings (SSSR count). The zero-order valence-electron chi connectivity index (χ0n) is 12.1. The number of nitrogens with one attached hydrogen (secondary N) is 1. The normalized spacial score (nSPS) is 19.2. The van der Waals surface area contributed by atoms with Crippen molar-refractivity contribution in [2.24, 2.45) is 0 Å². The van der Waals surface area contributed by atoms with Crippen LogP contribution in [0.15, 0.2) is 18.2 Å². The van der Waals surface area contributed by atoms with E-state index in [1.54, 1.807) is 30.9 Å². The summed E-state index contributed by atoms with van der Waals surface area (Å²) in [5.74, 6) is 0. The number of benzene rings is 1. The summed E-state index contributed by atoms with van der Waals surface area (Å²) in [5.41, 5.74) is 0.786. The van der Waals surface area contributed by atoms with Crippen LogP contribution in [0.25, 0.3) is 0 Å². The summed E-state index contributed by atoms with van der Waals surface area (Å²) < 4.78 is 0. The van der Waals surface area contributed by atoms with Crippen LogP contribution < -0.4 is 5.32 Å². The molecule has 2 amide bonds. The van der Waals surface area contributed by atoms with Gasteiger partial charge in [0.2, 0.25) is 0 Å². The molecule has 1 aliphatic heterocycles. The van der Waals surface area contributed by atoms with Gasteiger partial charge in [0.1, 0.15) is 0 Å². The number of carbonyl (C=O) groups is 1. The fourth-order valence-electron chi connectivity index (χ4n) is 2.70. The van der Waals surface area contributed by atoms with Gasteiger partial charge in [-0.1, -0.05) is 11.6 Å². The molecular formula is C15H21ClN2O2. The molecule has 0 radical (unpaired) electrons. The maximum Gasteiger partial charge on any atom is 0.322 e. The van der Waals surface area contributed by atoms with E-state index in [1.165, 1.54) is 0 Å². The molecule has 0 spiro atoms. The number of hydrogen-bond donors (Lipinski definition) is 2. The zero-order chi connectivity index (χ0) is 14.9. The molecule has 1 heterocycles. The van der Waals surface area contributed by atoms with Crippen LogP contribution in [0.1, 0.15) is 32.3 Å². The summed E-state index contributed by atoms with van der Waals surface area (Å²) in [7, 11) is 0. The van der Waals surface area contributed by atoms with E-state index in [2.05, 4.69) is 5.32 Å². The Bertz CT molecular complexity index is 511. The van der Waals surface area contributed by atoms with Crippen LogP contribution in [0, 0.1) is 6.92 Å². The summed E-state index contributed by atoms with van der Waals surface area (Å²) in [5, 5.41) is 13.7. The average Bonchev–Trinajstić information content (AvgIpc) is 2.81. The van der Waals surface area contributed by atoms with Crippen LogP contribution >= 0.6 is 11.6 Å². The molecule has 1 aromatic rings. The van der Waals surface area contributed by atoms with E-state index in [4.69, 9.17) is 11.6 Å². The van der Waals surface area contributed by atoms with Crippen molar-refractivity contribution in [1.29, 1.82) is 0 Å². The van der Waals surface area contributed by atoms with Gasteiger partial charge < -0.3 is 15.3 Å². The number of amides is 2. The third-order valence-electron chi connectivity index (χ3n) is 3.76. The van der Waals surface area contributed by atoms with Crippen molar-refractivity contribution >= 4 is 23.3 Å². The van der Waals surface area contributed by atoms with Crippen molar-refractivity contribution < 1.29 is 9.90 Å². The van der Waals surface area contributed by atoms with Gasteiger partial charge in [-0.25, -0.2) is 4.79 Å². The number of aliphatic hydroxyl groups is 1. The third-order valence-corrected chi connectivity index (χ3v) is 3.99. The van der Waals surface area contributed by atoms with E-state index in [0.717, 1.165) is 24.1 Å². The quantitative estimate of drug-likeness (QED) is 0.878. The fourth-order valence-corrected chi connectivity index (χ4v) is 2.93. The molecule has 4 nitrogen and oxygen atoms in total. The molecule has 1 unspecified atom stereocenters. The predicted octanol–water partition coefficient (Wildman–Crippen LogP) is 3.42. The maximum absolute atomic E-state index is 12.4. The largest absolute Gasteiger partial charge is 0.388 e. The molecule has 1 fully saturated rings. The first kappa shape index (κ1) is 15.1. The molecule has 110 valence electrons. The van der Waals surface area contributed by atoms with Gasteiger partial charge in [-0.2, -0.15) is 0 Å². The van der Waals surface area contributed by atoms with Gasteiger partial charge in [0, 0.05) is 17.3 Å². The second-order valence-corrected chi connectivity index (χ2v) is 6.33. The van der Waals surface area contributed by atoms with Crippen molar-refractivity contribution in [3.05, 3.63) is 28.8 Å². The first-order valence-corrected chi connectivity index (χ1v) is 7.23. The van der Waals surface area contributed by atoms with E-state index >= 15 is 0 Å². The first-order chi connectivity index (χ1) is 9.29. The maximum atomic E-state index is 12.4. The molecule has 5 heteroatoms. The smallest absolute Gasteiger partial charge is 0.322 e. The Morgan fingerprint density at radius 2 is 2.20 bits per heavy atom. The summed E-state index contributed by atoms with van der Waals surface area (Å²) >= 11 is 5.91. The lowest BCUT2D eigenvalue weighted by Gasteiger charge is -2.33. The minimum atomic E-state index is -0.886. The molecule has 0 saturated carbocycles. The number of rotatable bonds is 2. The highest BCUT2D eigenvalue weighted by atomic mass is 35.5. The highest BCUT2D eigenvalue weighted by Crippen LogP contribution is 2.28. The van der Waals surface area contributed by atoms with Gasteiger partial charge in [-0.05, 0) is 57.4 Å². The van der Waals surface area contributed by atoms with Crippen LogP contribution in [-0.2, 0) is 0 Å². The number of anilines is 1. The summed E-state index contributed by atoms with van der Waals surface area (Å²) in [4.78, 5) is 14.1. The van der Waals surface area contributed by atoms with Gasteiger partial charge in [0.05, 0.1) is 11.6 Å². The van der Waals surface area contributed by atoms with E-state index in [1.807, 2.05) is 13.0 Å². The standard InChI is InChI=1S/C15H21ClN2O2/c1-10-9-11(16)6-7-12(10)17-14(19)18-8-4-5-13(18)15(2,3)20/h6-7,9,13,20H,4-5,8H2,1-3H3,(H,17,19). The van der Waals surface area contributed by atoms with E-state index in [0.29, 0.717) is 11.6 Å². The van der Waals surface area contributed by atoms with Crippen molar-refractivity contribution in [2.75, 3.05) is 11.9 Å². The highest BCUT2D eigenvalue weighted by Gasteiger charge is 2.38. The van der Waals surface area contributed by atoms with Crippen molar-refractivity contribution in [3.8, 4) is 0 Å². The molecule has 0 aromatic heterocycles. The number of carbonyl (C=O) groups excluding carboxylic acids is 1. The van der Waals surface area contributed by atoms with E-state index in [9.17, 15) is 9.90 Å². The van der Waals surface area contributed by atoms with Gasteiger partial charge in [0.25, 0.3) is 0 Å². The molecule has 1 aliphatic rings. The molecule has 1 aromatic carbocycles. The van der Waals surface area contributed by atoms with Crippen LogP contribution in [0.2, 0.25) is 5.02 Å². The number of halogens is 1. The molecule has 1 atom stereocenters. The van der Waals surface area contributed by atoms with Crippen molar-refractivity contribution in [2.45, 2.75) is 45.3 Å². The molecule has 0 bridgehead atoms. The van der Waals surface area contributed by atoms with Gasteiger partial charge in [-0.15, -0.1) is 0 Å². The number of hydrogen-bond acceptors (Lipinski definition) is 2. The van der Waals surface area contributed by atoms with Gasteiger partial charge in [-0.3, -0.25) is 0 Å². The second kappa shape index (κ2) is 5.62. The number of urea groups is 1. The summed E-state index contributed by atoms with van der Waals surface area (Å²) in [6.07, 6.45) is 1.75. The van der Waals surface area contributed by atoms with Crippen molar-refractivity contribution in [3.63, 3.8) is 0 Å². The SMILES string of the molecule is Cc1cc(Cl)ccc1NC(=O)N1CCCC1C(C)(C)O. The monoisotopic (exact) mass is 296 g/mol. The number of nitrogens with zero attached hydrogens (tertiary/aromatic N) is 1. The molecular weight excluding hydrogens is 276 g/mol. The predicted molar refractivity (Wildman–Crippen MR) is 81.2 cm³/mol. The Morgan fingerprint density at radius 1 is 1.50 bits per heavy atom. The average molecular weight is 297 g/mol. The Morgan fingerprint density at radius 3 is 2.80 bits per heavy atom. The summed E-state index contributed by atoms with van der Waals surface area (Å²) in [6, 6.07) is 5.05. The van der Waals surface area contributed by atoms with Crippen LogP contribution in [0.3, 0.4) is 0 Å². The minimum absolute atomic E-state index is 0.143. The third kappa shape index (κ3) is 3.25. The highest BCUT2D eigenvalue weighted by molar-refractivity contribution is 6.30. The Kier molecular flexibility index (Phi) is 4.25. The Balaban J connectivity index is 2.12. The van der Waals surface area contributed by atoms with Gasteiger partial charge >= 0.3 is 6.03 Å². The van der Waals surface area contributed by atoms with E-state index < -0.39 is 5.60 Å². The topological polar surface area (TPSA) is 52.6 Å².